The second kappa shape index (κ2) is 7.02. The molecule has 1 amide bonds. The number of piperazine rings is 1. The molecule has 21 heavy (non-hydrogen) atoms. The Hall–Kier alpha value is -1.44. The Balaban J connectivity index is 0.00000161. The SMILES string of the molecule is C[C@@H]1CNCCN1C(=O)c1cn(Cc2cccs2)nn1.Cl. The summed E-state index contributed by atoms with van der Waals surface area (Å²) in [7, 11) is 0. The Morgan fingerprint density at radius 2 is 2.43 bits per heavy atom. The number of carbonyl (C=O) groups excluding carboxylic acids is 1. The second-order valence-corrected chi connectivity index (χ2v) is 5.96. The minimum atomic E-state index is -0.0311. The van der Waals surface area contributed by atoms with E-state index < -0.39 is 0 Å². The summed E-state index contributed by atoms with van der Waals surface area (Å²) in [5.41, 5.74) is 0.426. The number of nitrogens with one attached hydrogen (secondary N) is 1. The highest BCUT2D eigenvalue weighted by Crippen LogP contribution is 2.11. The summed E-state index contributed by atoms with van der Waals surface area (Å²) in [6.07, 6.45) is 1.73. The van der Waals surface area contributed by atoms with Crippen LogP contribution in [0, 0.1) is 0 Å². The van der Waals surface area contributed by atoms with Crippen molar-refractivity contribution in [1.82, 2.24) is 25.2 Å². The van der Waals surface area contributed by atoms with Crippen LogP contribution in [-0.4, -0.2) is 51.5 Å². The molecule has 6 nitrogen and oxygen atoms in total. The van der Waals surface area contributed by atoms with Crippen LogP contribution in [0.15, 0.2) is 23.7 Å². The Kier molecular flexibility index (Phi) is 5.33. The molecule has 1 saturated heterocycles. The third-order valence-corrected chi connectivity index (χ3v) is 4.28. The smallest absolute Gasteiger partial charge is 0.276 e. The molecule has 1 N–H and O–H groups in total. The molecular weight excluding hydrogens is 310 g/mol. The summed E-state index contributed by atoms with van der Waals surface area (Å²) in [5.74, 6) is -0.0311. The number of hydrogen-bond donors (Lipinski definition) is 1. The van der Waals surface area contributed by atoms with Crippen molar-refractivity contribution in [3.8, 4) is 0 Å². The maximum atomic E-state index is 12.4. The lowest BCUT2D eigenvalue weighted by Crippen LogP contribution is -2.52. The predicted octanol–water partition coefficient (Wildman–Crippen LogP) is 1.24. The van der Waals surface area contributed by atoms with Gasteiger partial charge in [0.2, 0.25) is 0 Å². The summed E-state index contributed by atoms with van der Waals surface area (Å²) in [6.45, 7) is 5.08. The van der Waals surface area contributed by atoms with Crippen LogP contribution in [0.5, 0.6) is 0 Å². The molecule has 1 atom stereocenters. The zero-order valence-corrected chi connectivity index (χ0v) is 13.4. The average molecular weight is 328 g/mol. The second-order valence-electron chi connectivity index (χ2n) is 4.93. The van der Waals surface area contributed by atoms with E-state index in [2.05, 4.69) is 15.6 Å². The van der Waals surface area contributed by atoms with E-state index >= 15 is 0 Å². The van der Waals surface area contributed by atoms with Crippen molar-refractivity contribution in [2.75, 3.05) is 19.6 Å². The van der Waals surface area contributed by atoms with Crippen molar-refractivity contribution >= 4 is 29.7 Å². The number of hydrogen-bond acceptors (Lipinski definition) is 5. The van der Waals surface area contributed by atoms with Gasteiger partial charge in [-0.3, -0.25) is 4.79 Å². The molecule has 0 saturated carbocycles. The topological polar surface area (TPSA) is 63.1 Å². The van der Waals surface area contributed by atoms with Crippen molar-refractivity contribution < 1.29 is 4.79 Å². The highest BCUT2D eigenvalue weighted by atomic mass is 35.5. The van der Waals surface area contributed by atoms with Crippen molar-refractivity contribution in [2.45, 2.75) is 19.5 Å². The number of nitrogens with zero attached hydrogens (tertiary/aromatic N) is 4. The third kappa shape index (κ3) is 3.61. The summed E-state index contributed by atoms with van der Waals surface area (Å²) < 4.78 is 1.71. The molecule has 1 fully saturated rings. The largest absolute Gasteiger partial charge is 0.332 e. The minimum Gasteiger partial charge on any atom is -0.332 e. The molecule has 3 rings (SSSR count). The molecule has 0 bridgehead atoms. The van der Waals surface area contributed by atoms with Gasteiger partial charge in [-0.15, -0.1) is 28.8 Å². The van der Waals surface area contributed by atoms with E-state index in [1.165, 1.54) is 4.88 Å². The van der Waals surface area contributed by atoms with E-state index in [9.17, 15) is 4.79 Å². The van der Waals surface area contributed by atoms with Gasteiger partial charge in [0.25, 0.3) is 5.91 Å². The summed E-state index contributed by atoms with van der Waals surface area (Å²) in [5, 5.41) is 13.4. The fourth-order valence-corrected chi connectivity index (χ4v) is 3.02. The molecule has 2 aromatic heterocycles. The first-order valence-corrected chi connectivity index (χ1v) is 7.56. The van der Waals surface area contributed by atoms with E-state index in [1.807, 2.05) is 29.3 Å². The zero-order valence-electron chi connectivity index (χ0n) is 11.7. The highest BCUT2D eigenvalue weighted by molar-refractivity contribution is 7.09. The van der Waals surface area contributed by atoms with Gasteiger partial charge in [-0.1, -0.05) is 11.3 Å². The van der Waals surface area contributed by atoms with Crippen LogP contribution in [-0.2, 0) is 6.54 Å². The van der Waals surface area contributed by atoms with Crippen LogP contribution < -0.4 is 5.32 Å². The quantitative estimate of drug-likeness (QED) is 0.921. The van der Waals surface area contributed by atoms with Crippen molar-refractivity contribution in [1.29, 1.82) is 0 Å². The van der Waals surface area contributed by atoms with E-state index in [1.54, 1.807) is 22.2 Å². The van der Waals surface area contributed by atoms with Gasteiger partial charge in [0.05, 0.1) is 12.7 Å². The van der Waals surface area contributed by atoms with Gasteiger partial charge < -0.3 is 10.2 Å². The lowest BCUT2D eigenvalue weighted by molar-refractivity contribution is 0.0649. The van der Waals surface area contributed by atoms with Crippen LogP contribution in [0.3, 0.4) is 0 Å². The van der Waals surface area contributed by atoms with Crippen molar-refractivity contribution in [2.24, 2.45) is 0 Å². The third-order valence-electron chi connectivity index (χ3n) is 3.42. The minimum absolute atomic E-state index is 0. The monoisotopic (exact) mass is 327 g/mol. The Morgan fingerprint density at radius 1 is 1.57 bits per heavy atom. The van der Waals surface area contributed by atoms with Crippen molar-refractivity contribution in [3.63, 3.8) is 0 Å². The molecule has 3 heterocycles. The number of carbonyl (C=O) groups is 1. The molecule has 2 aromatic rings. The maximum absolute atomic E-state index is 12.4. The van der Waals surface area contributed by atoms with Crippen LogP contribution in [0.4, 0.5) is 0 Å². The van der Waals surface area contributed by atoms with Gasteiger partial charge in [-0.2, -0.15) is 0 Å². The Labute approximate surface area is 133 Å². The number of aromatic nitrogens is 3. The zero-order chi connectivity index (χ0) is 13.9. The standard InChI is InChI=1S/C13H17N5OS.ClH/c1-10-7-14-4-5-18(10)13(19)12-9-17(16-15-12)8-11-3-2-6-20-11;/h2-3,6,9-10,14H,4-5,7-8H2,1H3;1H/t10-;/m1./s1. The Morgan fingerprint density at radius 3 is 3.14 bits per heavy atom. The summed E-state index contributed by atoms with van der Waals surface area (Å²) in [4.78, 5) is 15.5. The number of rotatable bonds is 3. The van der Waals surface area contributed by atoms with Gasteiger partial charge in [0.15, 0.2) is 5.69 Å². The average Bonchev–Trinajstić information content (AvgIpc) is 3.11. The first-order chi connectivity index (χ1) is 9.74. The van der Waals surface area contributed by atoms with Gasteiger partial charge in [-0.25, -0.2) is 4.68 Å². The highest BCUT2D eigenvalue weighted by Gasteiger charge is 2.25. The number of halogens is 1. The molecule has 0 aliphatic carbocycles. The fraction of sp³-hybridized carbons (Fsp3) is 0.462. The molecule has 8 heteroatoms. The van der Waals surface area contributed by atoms with Crippen LogP contribution in [0.2, 0.25) is 0 Å². The maximum Gasteiger partial charge on any atom is 0.276 e. The first kappa shape index (κ1) is 15.9. The Bertz CT molecular complexity index is 585. The van der Waals surface area contributed by atoms with E-state index in [-0.39, 0.29) is 24.4 Å². The van der Waals surface area contributed by atoms with Gasteiger partial charge in [-0.05, 0) is 18.4 Å². The molecule has 0 spiro atoms. The first-order valence-electron chi connectivity index (χ1n) is 6.68. The lowest BCUT2D eigenvalue weighted by Gasteiger charge is -2.33. The molecule has 1 aliphatic rings. The fourth-order valence-electron chi connectivity index (χ4n) is 2.33. The molecule has 0 radical (unpaired) electrons. The summed E-state index contributed by atoms with van der Waals surface area (Å²) in [6, 6.07) is 4.25. The van der Waals surface area contributed by atoms with Gasteiger partial charge in [0, 0.05) is 30.6 Å². The predicted molar refractivity (Wildman–Crippen MR) is 84.1 cm³/mol. The van der Waals surface area contributed by atoms with Crippen LogP contribution >= 0.6 is 23.7 Å². The number of amides is 1. The van der Waals surface area contributed by atoms with Crippen LogP contribution in [0.25, 0.3) is 0 Å². The number of thiophene rings is 1. The van der Waals surface area contributed by atoms with Crippen molar-refractivity contribution in [3.05, 3.63) is 34.3 Å². The van der Waals surface area contributed by atoms with Crippen LogP contribution in [0.1, 0.15) is 22.3 Å². The van der Waals surface area contributed by atoms with E-state index in [0.29, 0.717) is 12.2 Å². The summed E-state index contributed by atoms with van der Waals surface area (Å²) >= 11 is 1.67. The van der Waals surface area contributed by atoms with E-state index in [4.69, 9.17) is 0 Å². The molecule has 0 aromatic carbocycles. The molecule has 0 unspecified atom stereocenters. The molecule has 1 aliphatic heterocycles. The molecular formula is C13H18ClN5OS. The van der Waals surface area contributed by atoms with E-state index in [0.717, 1.165) is 19.6 Å². The van der Waals surface area contributed by atoms with Gasteiger partial charge in [0.1, 0.15) is 0 Å². The lowest BCUT2D eigenvalue weighted by atomic mass is 10.2. The normalized spacial score (nSPS) is 18.3. The molecule has 114 valence electrons. The van der Waals surface area contributed by atoms with Gasteiger partial charge >= 0.3 is 0 Å².